The minimum Gasteiger partial charge on any atom is -0.382 e. The van der Waals surface area contributed by atoms with Gasteiger partial charge in [-0.25, -0.2) is 4.79 Å². The number of nitrogens with zero attached hydrogens (tertiary/aromatic N) is 1. The molecule has 2 atom stereocenters. The van der Waals surface area contributed by atoms with Crippen molar-refractivity contribution in [2.45, 2.75) is 32.7 Å². The number of carbonyl (C=O) groups excluding carboxylic acids is 1. The number of ether oxygens (including phenoxy) is 3. The highest BCUT2D eigenvalue weighted by Crippen LogP contribution is 2.15. The van der Waals surface area contributed by atoms with Gasteiger partial charge in [-0.1, -0.05) is 12.1 Å². The van der Waals surface area contributed by atoms with E-state index in [9.17, 15) is 4.79 Å². The van der Waals surface area contributed by atoms with Crippen LogP contribution in [0.15, 0.2) is 24.3 Å². The number of benzene rings is 1. The summed E-state index contributed by atoms with van der Waals surface area (Å²) in [5.74, 6) is 0. The van der Waals surface area contributed by atoms with Crippen molar-refractivity contribution >= 4 is 11.7 Å². The zero-order chi connectivity index (χ0) is 16.7. The molecule has 1 aliphatic heterocycles. The number of morpholine rings is 1. The summed E-state index contributed by atoms with van der Waals surface area (Å²) in [5.41, 5.74) is 1.79. The van der Waals surface area contributed by atoms with Gasteiger partial charge in [0.25, 0.3) is 0 Å². The minimum absolute atomic E-state index is 0.0602. The summed E-state index contributed by atoms with van der Waals surface area (Å²) in [6.45, 7) is 6.80. The predicted octanol–water partition coefficient (Wildman–Crippen LogP) is 2.49. The molecule has 0 bridgehead atoms. The molecule has 1 fully saturated rings. The lowest BCUT2D eigenvalue weighted by Gasteiger charge is -2.35. The predicted molar refractivity (Wildman–Crippen MR) is 88.6 cm³/mol. The summed E-state index contributed by atoms with van der Waals surface area (Å²) in [6, 6.07) is 7.60. The van der Waals surface area contributed by atoms with E-state index >= 15 is 0 Å². The fourth-order valence-electron chi connectivity index (χ4n) is 2.62. The highest BCUT2D eigenvalue weighted by Gasteiger charge is 2.25. The third-order valence-electron chi connectivity index (χ3n) is 3.59. The summed E-state index contributed by atoms with van der Waals surface area (Å²) in [7, 11) is 1.65. The Labute approximate surface area is 137 Å². The van der Waals surface area contributed by atoms with Crippen molar-refractivity contribution in [3.63, 3.8) is 0 Å². The van der Waals surface area contributed by atoms with Crippen LogP contribution < -0.4 is 5.32 Å². The molecule has 6 heteroatoms. The first-order chi connectivity index (χ1) is 11.1. The molecule has 2 amide bonds. The van der Waals surface area contributed by atoms with E-state index < -0.39 is 0 Å². The first kappa shape index (κ1) is 17.7. The van der Waals surface area contributed by atoms with E-state index in [1.165, 1.54) is 0 Å². The van der Waals surface area contributed by atoms with Gasteiger partial charge >= 0.3 is 6.03 Å². The second kappa shape index (κ2) is 8.86. The number of rotatable bonds is 6. The molecule has 0 unspecified atom stereocenters. The van der Waals surface area contributed by atoms with Gasteiger partial charge in [-0.15, -0.1) is 0 Å². The standard InChI is InChI=1S/C17H26N2O4/c1-13-10-19(11-14(2)23-13)17(20)18-16-6-4-5-15(9-16)12-22-8-7-21-3/h4-6,9,13-14H,7-8,10-12H2,1-3H3,(H,18,20)/t13-,14-/m0/s1. The van der Waals surface area contributed by atoms with Crippen LogP contribution in [0.2, 0.25) is 0 Å². The lowest BCUT2D eigenvalue weighted by Crippen LogP contribution is -2.49. The molecule has 0 radical (unpaired) electrons. The number of carbonyl (C=O) groups is 1. The largest absolute Gasteiger partial charge is 0.382 e. The molecule has 0 aliphatic carbocycles. The molecule has 0 aromatic heterocycles. The van der Waals surface area contributed by atoms with Gasteiger partial charge in [-0.3, -0.25) is 0 Å². The number of hydrogen-bond donors (Lipinski definition) is 1. The van der Waals surface area contributed by atoms with Crippen LogP contribution in [-0.2, 0) is 20.8 Å². The van der Waals surface area contributed by atoms with E-state index in [0.29, 0.717) is 32.9 Å². The minimum atomic E-state index is -0.0931. The van der Waals surface area contributed by atoms with Gasteiger partial charge < -0.3 is 24.4 Å². The summed E-state index contributed by atoms with van der Waals surface area (Å²) in [5, 5.41) is 2.95. The van der Waals surface area contributed by atoms with E-state index in [1.807, 2.05) is 38.1 Å². The fourth-order valence-corrected chi connectivity index (χ4v) is 2.62. The van der Waals surface area contributed by atoms with Crippen LogP contribution in [0.25, 0.3) is 0 Å². The molecule has 2 rings (SSSR count). The van der Waals surface area contributed by atoms with Crippen molar-refractivity contribution in [2.75, 3.05) is 38.7 Å². The molecule has 0 spiro atoms. The van der Waals surface area contributed by atoms with Crippen LogP contribution in [0.3, 0.4) is 0 Å². The quantitative estimate of drug-likeness (QED) is 0.818. The number of urea groups is 1. The second-order valence-electron chi connectivity index (χ2n) is 5.84. The molecule has 1 heterocycles. The van der Waals surface area contributed by atoms with Crippen molar-refractivity contribution in [2.24, 2.45) is 0 Å². The lowest BCUT2D eigenvalue weighted by molar-refractivity contribution is -0.0530. The normalized spacial score (nSPS) is 21.3. The molecule has 128 valence electrons. The fraction of sp³-hybridized carbons (Fsp3) is 0.588. The van der Waals surface area contributed by atoms with Gasteiger partial charge in [0.2, 0.25) is 0 Å². The summed E-state index contributed by atoms with van der Waals surface area (Å²) < 4.78 is 16.1. The first-order valence-corrected chi connectivity index (χ1v) is 7.95. The number of methoxy groups -OCH3 is 1. The molecule has 1 N–H and O–H groups in total. The van der Waals surface area contributed by atoms with Crippen LogP contribution >= 0.6 is 0 Å². The molecule has 1 aliphatic rings. The Balaban J connectivity index is 1.88. The zero-order valence-electron chi connectivity index (χ0n) is 14.1. The van der Waals surface area contributed by atoms with Crippen LogP contribution in [0.4, 0.5) is 10.5 Å². The Morgan fingerprint density at radius 2 is 2.04 bits per heavy atom. The highest BCUT2D eigenvalue weighted by atomic mass is 16.5. The molecule has 1 saturated heterocycles. The van der Waals surface area contributed by atoms with E-state index in [4.69, 9.17) is 14.2 Å². The van der Waals surface area contributed by atoms with Crippen molar-refractivity contribution in [1.29, 1.82) is 0 Å². The Kier molecular flexibility index (Phi) is 6.83. The van der Waals surface area contributed by atoms with Crippen molar-refractivity contribution in [3.05, 3.63) is 29.8 Å². The van der Waals surface area contributed by atoms with Crippen LogP contribution in [-0.4, -0.2) is 56.6 Å². The maximum Gasteiger partial charge on any atom is 0.322 e. The molecule has 23 heavy (non-hydrogen) atoms. The number of anilines is 1. The van der Waals surface area contributed by atoms with Crippen LogP contribution in [0.1, 0.15) is 19.4 Å². The first-order valence-electron chi connectivity index (χ1n) is 7.95. The summed E-state index contributed by atoms with van der Waals surface area (Å²) in [4.78, 5) is 14.2. The number of nitrogens with one attached hydrogen (secondary N) is 1. The van der Waals surface area contributed by atoms with Crippen molar-refractivity contribution < 1.29 is 19.0 Å². The lowest BCUT2D eigenvalue weighted by atomic mass is 10.2. The molecule has 6 nitrogen and oxygen atoms in total. The highest BCUT2D eigenvalue weighted by molar-refractivity contribution is 5.89. The van der Waals surface area contributed by atoms with Crippen LogP contribution in [0, 0.1) is 0 Å². The molecular weight excluding hydrogens is 296 g/mol. The summed E-state index contributed by atoms with van der Waals surface area (Å²) >= 11 is 0. The van der Waals surface area contributed by atoms with Gasteiger partial charge in [0.15, 0.2) is 0 Å². The zero-order valence-corrected chi connectivity index (χ0v) is 14.1. The number of hydrogen-bond acceptors (Lipinski definition) is 4. The van der Waals surface area contributed by atoms with E-state index in [2.05, 4.69) is 5.32 Å². The Hall–Kier alpha value is -1.63. The third kappa shape index (κ3) is 5.82. The summed E-state index contributed by atoms with van der Waals surface area (Å²) in [6.07, 6.45) is 0.120. The molecule has 1 aromatic carbocycles. The smallest absolute Gasteiger partial charge is 0.322 e. The van der Waals surface area contributed by atoms with Crippen molar-refractivity contribution in [1.82, 2.24) is 4.90 Å². The van der Waals surface area contributed by atoms with E-state index in [0.717, 1.165) is 11.3 Å². The Morgan fingerprint density at radius 3 is 2.74 bits per heavy atom. The Morgan fingerprint density at radius 1 is 1.30 bits per heavy atom. The number of amides is 2. The monoisotopic (exact) mass is 322 g/mol. The van der Waals surface area contributed by atoms with Gasteiger partial charge in [0.1, 0.15) is 0 Å². The third-order valence-corrected chi connectivity index (χ3v) is 3.59. The second-order valence-corrected chi connectivity index (χ2v) is 5.84. The van der Waals surface area contributed by atoms with E-state index in [-0.39, 0.29) is 18.2 Å². The van der Waals surface area contributed by atoms with Crippen LogP contribution in [0.5, 0.6) is 0 Å². The topological polar surface area (TPSA) is 60.0 Å². The molecular formula is C17H26N2O4. The molecule has 1 aromatic rings. The van der Waals surface area contributed by atoms with Gasteiger partial charge in [-0.05, 0) is 31.5 Å². The van der Waals surface area contributed by atoms with Gasteiger partial charge in [0.05, 0.1) is 32.0 Å². The van der Waals surface area contributed by atoms with E-state index in [1.54, 1.807) is 12.0 Å². The van der Waals surface area contributed by atoms with Gasteiger partial charge in [-0.2, -0.15) is 0 Å². The molecule has 0 saturated carbocycles. The van der Waals surface area contributed by atoms with Crippen molar-refractivity contribution in [3.8, 4) is 0 Å². The maximum absolute atomic E-state index is 12.4. The maximum atomic E-state index is 12.4. The average Bonchev–Trinajstić information content (AvgIpc) is 2.51. The SMILES string of the molecule is COCCOCc1cccc(NC(=O)N2C[C@H](C)O[C@@H](C)C2)c1. The van der Waals surface area contributed by atoms with Gasteiger partial charge in [0, 0.05) is 25.9 Å². The average molecular weight is 322 g/mol. The Bertz CT molecular complexity index is 499.